The van der Waals surface area contributed by atoms with Gasteiger partial charge in [-0.15, -0.1) is 11.3 Å². The van der Waals surface area contributed by atoms with Crippen LogP contribution in [0, 0.1) is 20.8 Å². The standard InChI is InChI=1S/C32H28N2O4S/c1-6-34-26-11-9-22(31(36)28-8-7-13-39-28)16-24(26)25-17-23(10-12-27(25)34)32(37)30(33-38-21(5)35)29-19(3)14-18(2)15-20(29)4/h7-17H,6H2,1-5H3/b33-30+. The number of aryl methyl sites for hydroxylation is 4. The maximum atomic E-state index is 14.0. The van der Waals surface area contributed by atoms with E-state index in [1.54, 1.807) is 6.07 Å². The molecule has 3 aromatic carbocycles. The summed E-state index contributed by atoms with van der Waals surface area (Å²) in [6.45, 7) is 9.86. The second kappa shape index (κ2) is 10.4. The molecular weight excluding hydrogens is 508 g/mol. The minimum Gasteiger partial charge on any atom is -0.341 e. The van der Waals surface area contributed by atoms with Crippen molar-refractivity contribution < 1.29 is 19.2 Å². The van der Waals surface area contributed by atoms with E-state index in [0.29, 0.717) is 21.6 Å². The summed E-state index contributed by atoms with van der Waals surface area (Å²) < 4.78 is 2.17. The molecule has 0 unspecified atom stereocenters. The third-order valence-corrected chi connectivity index (χ3v) is 7.71. The van der Waals surface area contributed by atoms with Crippen LogP contribution in [0.15, 0.2) is 71.2 Å². The highest BCUT2D eigenvalue weighted by Gasteiger charge is 2.23. The Balaban J connectivity index is 1.68. The van der Waals surface area contributed by atoms with Crippen LogP contribution in [0.5, 0.6) is 0 Å². The van der Waals surface area contributed by atoms with Gasteiger partial charge in [0.05, 0.1) is 4.88 Å². The van der Waals surface area contributed by atoms with Crippen LogP contribution in [0.2, 0.25) is 0 Å². The molecule has 0 aliphatic heterocycles. The number of Topliss-reactive ketones (excluding diaryl/α,β-unsaturated/α-hetero) is 1. The number of hydrogen-bond acceptors (Lipinski definition) is 6. The van der Waals surface area contributed by atoms with Gasteiger partial charge in [-0.05, 0) is 86.7 Å². The number of carbonyl (C=O) groups is 3. The normalized spacial score (nSPS) is 11.8. The molecule has 0 aliphatic carbocycles. The molecule has 7 heteroatoms. The van der Waals surface area contributed by atoms with Crippen LogP contribution in [-0.2, 0) is 16.2 Å². The van der Waals surface area contributed by atoms with Gasteiger partial charge in [0.15, 0.2) is 5.71 Å². The molecule has 0 bridgehead atoms. The van der Waals surface area contributed by atoms with Crippen molar-refractivity contribution in [1.29, 1.82) is 0 Å². The number of rotatable bonds is 7. The molecule has 5 aromatic rings. The quantitative estimate of drug-likeness (QED) is 0.0955. The first-order valence-corrected chi connectivity index (χ1v) is 13.6. The molecule has 0 aliphatic rings. The van der Waals surface area contributed by atoms with Crippen molar-refractivity contribution in [2.24, 2.45) is 5.16 Å². The Kier molecular flexibility index (Phi) is 7.02. The molecular formula is C32H28N2O4S. The highest BCUT2D eigenvalue weighted by molar-refractivity contribution is 7.12. The third-order valence-electron chi connectivity index (χ3n) is 6.84. The van der Waals surface area contributed by atoms with E-state index in [-0.39, 0.29) is 17.3 Å². The highest BCUT2D eigenvalue weighted by atomic mass is 32.1. The number of thiophene rings is 1. The van der Waals surface area contributed by atoms with Gasteiger partial charge in [-0.3, -0.25) is 9.59 Å². The summed E-state index contributed by atoms with van der Waals surface area (Å²) in [5.74, 6) is -0.985. The zero-order valence-electron chi connectivity index (χ0n) is 22.5. The maximum absolute atomic E-state index is 14.0. The van der Waals surface area contributed by atoms with E-state index in [0.717, 1.165) is 45.0 Å². The van der Waals surface area contributed by atoms with E-state index in [9.17, 15) is 14.4 Å². The second-order valence-electron chi connectivity index (χ2n) is 9.64. The molecule has 0 spiro atoms. The SMILES string of the molecule is CCn1c2ccc(C(=O)/C(=N/OC(C)=O)c3c(C)cc(C)cc3C)cc2c2cc(C(=O)c3cccs3)ccc21. The summed E-state index contributed by atoms with van der Waals surface area (Å²) in [6.07, 6.45) is 0. The molecule has 0 N–H and O–H groups in total. The number of oxime groups is 1. The fourth-order valence-corrected chi connectivity index (χ4v) is 5.96. The first-order chi connectivity index (χ1) is 18.7. The van der Waals surface area contributed by atoms with E-state index >= 15 is 0 Å². The summed E-state index contributed by atoms with van der Waals surface area (Å²) in [5.41, 5.74) is 6.48. The second-order valence-corrected chi connectivity index (χ2v) is 10.6. The van der Waals surface area contributed by atoms with Crippen molar-refractivity contribution in [3.63, 3.8) is 0 Å². The van der Waals surface area contributed by atoms with Crippen molar-refractivity contribution in [3.05, 3.63) is 104 Å². The lowest BCUT2D eigenvalue weighted by molar-refractivity contribution is -0.140. The lowest BCUT2D eigenvalue weighted by Crippen LogP contribution is -2.20. The van der Waals surface area contributed by atoms with E-state index in [4.69, 9.17) is 4.84 Å². The Morgan fingerprint density at radius 1 is 0.872 bits per heavy atom. The van der Waals surface area contributed by atoms with Crippen LogP contribution in [0.25, 0.3) is 21.8 Å². The molecule has 2 aromatic heterocycles. The van der Waals surface area contributed by atoms with E-state index in [2.05, 4.69) is 16.6 Å². The van der Waals surface area contributed by atoms with Crippen LogP contribution in [0.4, 0.5) is 0 Å². The van der Waals surface area contributed by atoms with Crippen LogP contribution in [0.1, 0.15) is 61.7 Å². The first-order valence-electron chi connectivity index (χ1n) is 12.7. The van der Waals surface area contributed by atoms with Crippen molar-refractivity contribution >= 4 is 56.4 Å². The summed E-state index contributed by atoms with van der Waals surface area (Å²) in [4.78, 5) is 44.3. The van der Waals surface area contributed by atoms with Crippen molar-refractivity contribution in [2.75, 3.05) is 0 Å². The number of fused-ring (bicyclic) bond motifs is 3. The van der Waals surface area contributed by atoms with Crippen molar-refractivity contribution in [1.82, 2.24) is 4.57 Å². The maximum Gasteiger partial charge on any atom is 0.332 e. The smallest absolute Gasteiger partial charge is 0.332 e. The molecule has 0 atom stereocenters. The van der Waals surface area contributed by atoms with Crippen molar-refractivity contribution in [2.45, 2.75) is 41.2 Å². The third kappa shape index (κ3) is 4.81. The molecule has 0 saturated heterocycles. The van der Waals surface area contributed by atoms with Crippen molar-refractivity contribution in [3.8, 4) is 0 Å². The van der Waals surface area contributed by atoms with Gasteiger partial charge in [0.1, 0.15) is 0 Å². The molecule has 39 heavy (non-hydrogen) atoms. The zero-order valence-corrected chi connectivity index (χ0v) is 23.3. The van der Waals surface area contributed by atoms with Gasteiger partial charge < -0.3 is 9.40 Å². The molecule has 0 radical (unpaired) electrons. The van der Waals surface area contributed by atoms with Gasteiger partial charge in [-0.2, -0.15) is 0 Å². The number of benzene rings is 3. The number of hydrogen-bond donors (Lipinski definition) is 0. The van der Waals surface area contributed by atoms with Crippen LogP contribution in [0.3, 0.4) is 0 Å². The predicted octanol–water partition coefficient (Wildman–Crippen LogP) is 7.18. The van der Waals surface area contributed by atoms with Gasteiger partial charge in [0.25, 0.3) is 0 Å². The number of carbonyl (C=O) groups excluding carboxylic acids is 3. The van der Waals surface area contributed by atoms with Gasteiger partial charge in [-0.25, -0.2) is 4.79 Å². The van der Waals surface area contributed by atoms with E-state index in [1.165, 1.54) is 18.3 Å². The molecule has 6 nitrogen and oxygen atoms in total. The lowest BCUT2D eigenvalue weighted by Gasteiger charge is -2.13. The summed E-state index contributed by atoms with van der Waals surface area (Å²) in [6, 6.07) is 18.9. The number of nitrogens with zero attached hydrogens (tertiary/aromatic N) is 2. The number of ketones is 2. The summed E-state index contributed by atoms with van der Waals surface area (Å²) in [7, 11) is 0. The van der Waals surface area contributed by atoms with Gasteiger partial charge >= 0.3 is 5.97 Å². The Morgan fingerprint density at radius 3 is 2.05 bits per heavy atom. The molecule has 2 heterocycles. The number of aromatic nitrogens is 1. The molecule has 5 rings (SSSR count). The fourth-order valence-electron chi connectivity index (χ4n) is 5.28. The first kappa shape index (κ1) is 26.3. The largest absolute Gasteiger partial charge is 0.341 e. The average Bonchev–Trinajstić information content (AvgIpc) is 3.55. The Labute approximate surface area is 230 Å². The van der Waals surface area contributed by atoms with E-state index < -0.39 is 5.97 Å². The monoisotopic (exact) mass is 536 g/mol. The zero-order chi connectivity index (χ0) is 27.8. The minimum atomic E-state index is -0.605. The summed E-state index contributed by atoms with van der Waals surface area (Å²) in [5, 5.41) is 7.66. The van der Waals surface area contributed by atoms with Gasteiger partial charge in [0.2, 0.25) is 11.6 Å². The average molecular weight is 537 g/mol. The Bertz CT molecular complexity index is 1790. The summed E-state index contributed by atoms with van der Waals surface area (Å²) >= 11 is 1.41. The van der Waals surface area contributed by atoms with Crippen LogP contribution >= 0.6 is 11.3 Å². The fraction of sp³-hybridized carbons (Fsp3) is 0.188. The molecule has 196 valence electrons. The Morgan fingerprint density at radius 2 is 1.49 bits per heavy atom. The highest BCUT2D eigenvalue weighted by Crippen LogP contribution is 2.32. The molecule has 0 fully saturated rings. The lowest BCUT2D eigenvalue weighted by atomic mass is 9.91. The topological polar surface area (TPSA) is 77.7 Å². The van der Waals surface area contributed by atoms with E-state index in [1.807, 2.05) is 80.7 Å². The molecule has 0 saturated carbocycles. The van der Waals surface area contributed by atoms with Gasteiger partial charge in [-0.1, -0.05) is 28.9 Å². The molecule has 0 amide bonds. The van der Waals surface area contributed by atoms with Gasteiger partial charge in [0, 0.05) is 52.0 Å². The minimum absolute atomic E-state index is 0.0300. The van der Waals surface area contributed by atoms with Crippen LogP contribution in [-0.4, -0.2) is 27.8 Å². The Hall–Kier alpha value is -4.36. The predicted molar refractivity (Wildman–Crippen MR) is 156 cm³/mol. The van der Waals surface area contributed by atoms with Crippen LogP contribution < -0.4 is 0 Å².